The van der Waals surface area contributed by atoms with Crippen LogP contribution >= 0.6 is 0 Å². The first-order valence-corrected chi connectivity index (χ1v) is 7.55. The van der Waals surface area contributed by atoms with Crippen molar-refractivity contribution < 1.29 is 0 Å². The largest absolute Gasteiger partial charge is 0.308 e. The molecule has 2 heteroatoms. The number of hydrogen-bond donors (Lipinski definition) is 1. The van der Waals surface area contributed by atoms with Crippen LogP contribution in [0.25, 0.3) is 0 Å². The Labute approximate surface area is 118 Å². The first-order valence-electron chi connectivity index (χ1n) is 7.55. The highest BCUT2D eigenvalue weighted by atomic mass is 15.1. The third-order valence-corrected chi connectivity index (χ3v) is 4.10. The smallest absolute Gasteiger partial charge is 0.0220 e. The molecule has 106 valence electrons. The molecular formula is C17H28N2. The maximum absolute atomic E-state index is 3.72. The molecule has 1 aliphatic rings. The molecule has 0 saturated heterocycles. The quantitative estimate of drug-likeness (QED) is 0.846. The Hall–Kier alpha value is -0.860. The molecule has 1 atom stereocenters. The molecule has 0 bridgehead atoms. The fourth-order valence-corrected chi connectivity index (χ4v) is 2.89. The second-order valence-electron chi connectivity index (χ2n) is 6.45. The molecule has 1 aromatic rings. The van der Waals surface area contributed by atoms with Gasteiger partial charge in [0, 0.05) is 19.1 Å². The molecule has 1 unspecified atom stereocenters. The monoisotopic (exact) mass is 260 g/mol. The van der Waals surface area contributed by atoms with Gasteiger partial charge in [-0.3, -0.25) is 0 Å². The van der Waals surface area contributed by atoms with E-state index in [1.165, 1.54) is 24.8 Å². The summed E-state index contributed by atoms with van der Waals surface area (Å²) in [6.07, 6.45) is 3.88. The molecule has 2 nitrogen and oxygen atoms in total. The highest BCUT2D eigenvalue weighted by Gasteiger charge is 2.15. The van der Waals surface area contributed by atoms with E-state index in [1.54, 1.807) is 11.1 Å². The summed E-state index contributed by atoms with van der Waals surface area (Å²) in [5, 5.41) is 3.72. The second kappa shape index (κ2) is 6.53. The molecule has 0 radical (unpaired) electrons. The van der Waals surface area contributed by atoms with Gasteiger partial charge in [-0.1, -0.05) is 32.0 Å². The van der Waals surface area contributed by atoms with Gasteiger partial charge in [-0.15, -0.1) is 0 Å². The van der Waals surface area contributed by atoms with Crippen LogP contribution in [0.3, 0.4) is 0 Å². The van der Waals surface area contributed by atoms with Crippen LogP contribution in [-0.4, -0.2) is 31.6 Å². The molecule has 0 fully saturated rings. The van der Waals surface area contributed by atoms with Crippen molar-refractivity contribution in [3.05, 3.63) is 34.9 Å². The van der Waals surface area contributed by atoms with E-state index in [-0.39, 0.29) is 0 Å². The fraction of sp³-hybridized carbons (Fsp3) is 0.647. The lowest BCUT2D eigenvalue weighted by Gasteiger charge is -2.26. The molecule has 0 spiro atoms. The number of likely N-dealkylation sites (N-methyl/N-ethyl adjacent to an activating group) is 1. The van der Waals surface area contributed by atoms with Crippen LogP contribution in [-0.2, 0) is 19.4 Å². The maximum atomic E-state index is 3.72. The molecule has 1 aromatic carbocycles. The zero-order valence-electron chi connectivity index (χ0n) is 12.9. The summed E-state index contributed by atoms with van der Waals surface area (Å²) in [7, 11) is 4.29. The van der Waals surface area contributed by atoms with E-state index in [9.17, 15) is 0 Å². The van der Waals surface area contributed by atoms with Gasteiger partial charge in [0.2, 0.25) is 0 Å². The summed E-state index contributed by atoms with van der Waals surface area (Å²) >= 11 is 0. The summed E-state index contributed by atoms with van der Waals surface area (Å²) in [4.78, 5) is 2.26. The van der Waals surface area contributed by atoms with Crippen molar-refractivity contribution in [3.63, 3.8) is 0 Å². The predicted molar refractivity (Wildman–Crippen MR) is 82.5 cm³/mol. The molecule has 1 N–H and O–H groups in total. The van der Waals surface area contributed by atoms with Crippen molar-refractivity contribution in [1.82, 2.24) is 10.2 Å². The SMILES string of the molecule is CC(C)C(CN(C)C)NCc1ccc2c(c1)CCC2. The van der Waals surface area contributed by atoms with Crippen molar-refractivity contribution in [1.29, 1.82) is 0 Å². The van der Waals surface area contributed by atoms with Gasteiger partial charge in [0.25, 0.3) is 0 Å². The third-order valence-electron chi connectivity index (χ3n) is 4.10. The van der Waals surface area contributed by atoms with E-state index in [4.69, 9.17) is 0 Å². The summed E-state index contributed by atoms with van der Waals surface area (Å²) in [6, 6.07) is 7.59. The van der Waals surface area contributed by atoms with E-state index in [2.05, 4.69) is 56.4 Å². The van der Waals surface area contributed by atoms with E-state index in [0.29, 0.717) is 12.0 Å². The van der Waals surface area contributed by atoms with Gasteiger partial charge in [-0.2, -0.15) is 0 Å². The topological polar surface area (TPSA) is 15.3 Å². The van der Waals surface area contributed by atoms with Crippen LogP contribution in [0.2, 0.25) is 0 Å². The normalized spacial score (nSPS) is 16.1. The number of nitrogens with zero attached hydrogens (tertiary/aromatic N) is 1. The molecule has 2 rings (SSSR count). The number of rotatable bonds is 6. The van der Waals surface area contributed by atoms with Gasteiger partial charge >= 0.3 is 0 Å². The minimum atomic E-state index is 0.559. The lowest BCUT2D eigenvalue weighted by Crippen LogP contribution is -2.41. The van der Waals surface area contributed by atoms with E-state index < -0.39 is 0 Å². The van der Waals surface area contributed by atoms with Gasteiger partial charge in [0.1, 0.15) is 0 Å². The standard InChI is InChI=1S/C17H28N2/c1-13(2)17(12-19(3)4)18-11-14-8-9-15-6-5-7-16(15)10-14/h8-10,13,17-18H,5-7,11-12H2,1-4H3. The molecule has 0 saturated carbocycles. The van der Waals surface area contributed by atoms with Crippen molar-refractivity contribution in [2.45, 2.75) is 45.7 Å². The first kappa shape index (κ1) is 14.5. The summed E-state index contributed by atoms with van der Waals surface area (Å²) in [5.41, 5.74) is 4.58. The Balaban J connectivity index is 1.93. The highest BCUT2D eigenvalue weighted by molar-refractivity contribution is 5.35. The zero-order valence-corrected chi connectivity index (χ0v) is 12.9. The van der Waals surface area contributed by atoms with Crippen molar-refractivity contribution in [3.8, 4) is 0 Å². The average molecular weight is 260 g/mol. The first-order chi connectivity index (χ1) is 9.06. The Bertz CT molecular complexity index is 410. The van der Waals surface area contributed by atoms with Crippen molar-refractivity contribution >= 4 is 0 Å². The highest BCUT2D eigenvalue weighted by Crippen LogP contribution is 2.22. The van der Waals surface area contributed by atoms with Crippen LogP contribution in [0.4, 0.5) is 0 Å². The maximum Gasteiger partial charge on any atom is 0.0220 e. The molecule has 0 aliphatic heterocycles. The lowest BCUT2D eigenvalue weighted by atomic mass is 10.0. The van der Waals surface area contributed by atoms with E-state index in [1.807, 2.05) is 0 Å². The molecule has 0 amide bonds. The predicted octanol–water partition coefficient (Wildman–Crippen LogP) is 2.85. The zero-order chi connectivity index (χ0) is 13.8. The van der Waals surface area contributed by atoms with Gasteiger partial charge in [-0.05, 0) is 56.0 Å². The fourth-order valence-electron chi connectivity index (χ4n) is 2.89. The van der Waals surface area contributed by atoms with E-state index in [0.717, 1.165) is 13.1 Å². The van der Waals surface area contributed by atoms with Crippen LogP contribution < -0.4 is 5.32 Å². The van der Waals surface area contributed by atoms with E-state index >= 15 is 0 Å². The van der Waals surface area contributed by atoms with Crippen molar-refractivity contribution in [2.75, 3.05) is 20.6 Å². The van der Waals surface area contributed by atoms with Gasteiger partial charge < -0.3 is 10.2 Å². The number of benzene rings is 1. The van der Waals surface area contributed by atoms with Crippen LogP contribution in [0.15, 0.2) is 18.2 Å². The van der Waals surface area contributed by atoms with Gasteiger partial charge in [0.05, 0.1) is 0 Å². The Morgan fingerprint density at radius 3 is 2.58 bits per heavy atom. The number of nitrogens with one attached hydrogen (secondary N) is 1. The van der Waals surface area contributed by atoms with Crippen LogP contribution in [0.1, 0.15) is 37.0 Å². The number of hydrogen-bond acceptors (Lipinski definition) is 2. The average Bonchev–Trinajstić information content (AvgIpc) is 2.80. The Morgan fingerprint density at radius 2 is 1.89 bits per heavy atom. The van der Waals surface area contributed by atoms with Gasteiger partial charge in [-0.25, -0.2) is 0 Å². The molecule has 0 aromatic heterocycles. The van der Waals surface area contributed by atoms with Crippen LogP contribution in [0, 0.1) is 5.92 Å². The second-order valence-corrected chi connectivity index (χ2v) is 6.45. The molecule has 1 aliphatic carbocycles. The number of fused-ring (bicyclic) bond motifs is 1. The van der Waals surface area contributed by atoms with Crippen molar-refractivity contribution in [2.24, 2.45) is 5.92 Å². The minimum Gasteiger partial charge on any atom is -0.308 e. The molecule has 0 heterocycles. The molecular weight excluding hydrogens is 232 g/mol. The third kappa shape index (κ3) is 4.05. The Kier molecular flexibility index (Phi) is 5.00. The number of aryl methyl sites for hydroxylation is 2. The van der Waals surface area contributed by atoms with Gasteiger partial charge in [0.15, 0.2) is 0 Å². The Morgan fingerprint density at radius 1 is 1.16 bits per heavy atom. The summed E-state index contributed by atoms with van der Waals surface area (Å²) in [6.45, 7) is 6.68. The van der Waals surface area contributed by atoms with Crippen LogP contribution in [0.5, 0.6) is 0 Å². The summed E-state index contributed by atoms with van der Waals surface area (Å²) in [5.74, 6) is 0.664. The minimum absolute atomic E-state index is 0.559. The summed E-state index contributed by atoms with van der Waals surface area (Å²) < 4.78 is 0. The lowest BCUT2D eigenvalue weighted by molar-refractivity contribution is 0.288. The molecule has 19 heavy (non-hydrogen) atoms.